The van der Waals surface area contributed by atoms with Crippen molar-refractivity contribution in [3.63, 3.8) is 0 Å². The summed E-state index contributed by atoms with van der Waals surface area (Å²) in [6, 6.07) is 0. The van der Waals surface area contributed by atoms with Crippen LogP contribution < -0.4 is 10.6 Å². The Balaban J connectivity index is 4.14. The third kappa shape index (κ3) is 16.8. The van der Waals surface area contributed by atoms with Crippen LogP contribution in [-0.4, -0.2) is 89.6 Å². The van der Waals surface area contributed by atoms with Gasteiger partial charge in [0.15, 0.2) is 16.6 Å². The number of hydrogen-bond acceptors (Lipinski definition) is 9. The average molecular weight is 505 g/mol. The van der Waals surface area contributed by atoms with E-state index in [-0.39, 0.29) is 13.2 Å². The van der Waals surface area contributed by atoms with Crippen molar-refractivity contribution in [1.82, 2.24) is 10.6 Å². The van der Waals surface area contributed by atoms with E-state index in [9.17, 15) is 19.8 Å². The Bertz CT molecular complexity index is 603. The molecule has 0 fully saturated rings. The molecule has 0 rings (SSSR count). The van der Waals surface area contributed by atoms with Crippen LogP contribution in [0.1, 0.15) is 26.7 Å². The quantitative estimate of drug-likeness (QED) is 0.124. The van der Waals surface area contributed by atoms with E-state index in [1.807, 2.05) is 0 Å². The number of carbonyl (C=O) groups is 2. The molecule has 192 valence electrons. The van der Waals surface area contributed by atoms with Gasteiger partial charge in [-0.3, -0.25) is 0 Å². The van der Waals surface area contributed by atoms with Crippen LogP contribution in [0, 0.1) is 0 Å². The van der Waals surface area contributed by atoms with Crippen LogP contribution in [0.4, 0.5) is 0 Å². The highest BCUT2D eigenvalue weighted by Crippen LogP contribution is 2.13. The highest BCUT2D eigenvalue weighted by molar-refractivity contribution is 6.85. The van der Waals surface area contributed by atoms with Crippen LogP contribution in [0.25, 0.3) is 0 Å². The minimum atomic E-state index is -2.02. The Morgan fingerprint density at radius 3 is 1.42 bits per heavy atom. The van der Waals surface area contributed by atoms with Crippen LogP contribution >= 0.6 is 0 Å². The average Bonchev–Trinajstić information content (AvgIpc) is 2.66. The number of esters is 2. The minimum Gasteiger partial charge on any atom is -0.462 e. The van der Waals surface area contributed by atoms with Gasteiger partial charge in [-0.2, -0.15) is 0 Å². The van der Waals surface area contributed by atoms with E-state index in [4.69, 9.17) is 13.6 Å². The van der Waals surface area contributed by atoms with E-state index in [0.717, 1.165) is 0 Å². The fourth-order valence-corrected chi connectivity index (χ4v) is 11.0. The van der Waals surface area contributed by atoms with Crippen molar-refractivity contribution in [2.75, 3.05) is 38.6 Å². The summed E-state index contributed by atoms with van der Waals surface area (Å²) in [7, 11) is -4.03. The highest BCUT2D eigenvalue weighted by Gasteiger charge is 2.32. The monoisotopic (exact) mass is 504 g/mol. The van der Waals surface area contributed by atoms with Gasteiger partial charge in [-0.05, 0) is 40.0 Å². The van der Waals surface area contributed by atoms with Crippen molar-refractivity contribution in [3.8, 4) is 0 Å². The maximum absolute atomic E-state index is 11.3. The summed E-state index contributed by atoms with van der Waals surface area (Å²) < 4.78 is 16.5. The molecule has 0 amide bonds. The smallest absolute Gasteiger partial charge is 0.333 e. The van der Waals surface area contributed by atoms with Crippen LogP contribution in [0.3, 0.4) is 0 Å². The highest BCUT2D eigenvalue weighted by atomic mass is 28.4. The van der Waals surface area contributed by atoms with Gasteiger partial charge in [0.2, 0.25) is 0 Å². The molecule has 0 aromatic rings. The second-order valence-electron chi connectivity index (χ2n) is 9.60. The molecule has 0 bridgehead atoms. The molecule has 11 heteroatoms. The zero-order valence-corrected chi connectivity index (χ0v) is 23.2. The number of aliphatic hydroxyl groups excluding tert-OH is 2. The van der Waals surface area contributed by atoms with Gasteiger partial charge in [0.25, 0.3) is 0 Å². The maximum Gasteiger partial charge on any atom is 0.333 e. The molecule has 0 aromatic heterocycles. The van der Waals surface area contributed by atoms with Crippen LogP contribution in [0.2, 0.25) is 26.2 Å². The Hall–Kier alpha value is -1.35. The van der Waals surface area contributed by atoms with E-state index < -0.39 is 40.8 Å². The lowest BCUT2D eigenvalue weighted by Crippen LogP contribution is -2.55. The normalized spacial score (nSPS) is 13.8. The number of aliphatic hydroxyl groups is 2. The summed E-state index contributed by atoms with van der Waals surface area (Å²) >= 11 is 0. The van der Waals surface area contributed by atoms with E-state index in [1.165, 1.54) is 0 Å². The van der Waals surface area contributed by atoms with Crippen molar-refractivity contribution < 1.29 is 33.4 Å². The van der Waals surface area contributed by atoms with Crippen molar-refractivity contribution >= 4 is 28.6 Å². The SMILES string of the molecule is C=C(C)C(=O)OCCC(O)CNC[Si](C)(C)O[Si](C)(C)CNCC(O)CCOC(=O)C(=C)C. The molecule has 0 aromatic carbocycles. The predicted octanol–water partition coefficient (Wildman–Crippen LogP) is 1.41. The first-order chi connectivity index (χ1) is 15.1. The van der Waals surface area contributed by atoms with Crippen LogP contribution in [-0.2, 0) is 23.2 Å². The second-order valence-corrected chi connectivity index (χ2v) is 18.2. The van der Waals surface area contributed by atoms with Gasteiger partial charge in [-0.1, -0.05) is 13.2 Å². The van der Waals surface area contributed by atoms with E-state index in [0.29, 0.717) is 49.4 Å². The van der Waals surface area contributed by atoms with Crippen LogP contribution in [0.15, 0.2) is 24.3 Å². The first-order valence-corrected chi connectivity index (χ1v) is 17.5. The van der Waals surface area contributed by atoms with Crippen molar-refractivity contribution in [1.29, 1.82) is 0 Å². The van der Waals surface area contributed by atoms with Gasteiger partial charge in [0, 0.05) is 49.4 Å². The van der Waals surface area contributed by atoms with Gasteiger partial charge in [-0.25, -0.2) is 9.59 Å². The molecular formula is C22H44N2O7Si2. The number of nitrogens with one attached hydrogen (secondary N) is 2. The van der Waals surface area contributed by atoms with Gasteiger partial charge in [0.1, 0.15) is 0 Å². The summed E-state index contributed by atoms with van der Waals surface area (Å²) in [4.78, 5) is 22.7. The Kier molecular flexibility index (Phi) is 14.9. The lowest BCUT2D eigenvalue weighted by molar-refractivity contribution is -0.140. The first kappa shape index (κ1) is 31.7. The van der Waals surface area contributed by atoms with E-state index >= 15 is 0 Å². The standard InChI is InChI=1S/C22H44N2O7Si2/c1-17(2)21(27)29-11-9-19(25)13-23-15-32(5,6)31-33(7,8)16-24-14-20(26)10-12-30-22(28)18(3)4/h19-20,23-26H,1,3,9-16H2,2,4-8H3. The molecule has 33 heavy (non-hydrogen) atoms. The zero-order chi connectivity index (χ0) is 25.7. The molecule has 0 saturated heterocycles. The fourth-order valence-electron chi connectivity index (χ4n) is 2.93. The molecule has 0 aliphatic heterocycles. The summed E-state index contributed by atoms with van der Waals surface area (Å²) in [6.07, 6.45) is 0.846. The molecule has 0 heterocycles. The summed E-state index contributed by atoms with van der Waals surface area (Å²) in [5.74, 6) is -0.895. The molecule has 0 aliphatic carbocycles. The van der Waals surface area contributed by atoms with E-state index in [1.54, 1.807) is 13.8 Å². The third-order valence-electron chi connectivity index (χ3n) is 4.48. The second kappa shape index (κ2) is 15.5. The van der Waals surface area contributed by atoms with Gasteiger partial charge in [-0.15, -0.1) is 0 Å². The molecule has 0 spiro atoms. The summed E-state index contributed by atoms with van der Waals surface area (Å²) in [5, 5.41) is 26.6. The summed E-state index contributed by atoms with van der Waals surface area (Å²) in [5.41, 5.74) is 0.680. The Morgan fingerprint density at radius 2 is 1.12 bits per heavy atom. The molecule has 4 N–H and O–H groups in total. The Morgan fingerprint density at radius 1 is 0.788 bits per heavy atom. The molecular weight excluding hydrogens is 460 g/mol. The molecule has 9 nitrogen and oxygen atoms in total. The molecule has 2 unspecified atom stereocenters. The molecule has 0 aliphatic rings. The van der Waals surface area contributed by atoms with Gasteiger partial charge < -0.3 is 34.4 Å². The topological polar surface area (TPSA) is 126 Å². The number of rotatable bonds is 18. The number of ether oxygens (including phenoxy) is 2. The first-order valence-electron chi connectivity index (χ1n) is 11.3. The van der Waals surface area contributed by atoms with Crippen molar-refractivity contribution in [3.05, 3.63) is 24.3 Å². The zero-order valence-electron chi connectivity index (χ0n) is 21.2. The number of carbonyl (C=O) groups excluding carboxylic acids is 2. The maximum atomic E-state index is 11.3. The number of hydrogen-bond donors (Lipinski definition) is 4. The predicted molar refractivity (Wildman–Crippen MR) is 135 cm³/mol. The van der Waals surface area contributed by atoms with Gasteiger partial charge in [0.05, 0.1) is 25.4 Å². The largest absolute Gasteiger partial charge is 0.462 e. The lowest BCUT2D eigenvalue weighted by atomic mass is 10.2. The molecule has 0 radical (unpaired) electrons. The Labute approximate surface area is 200 Å². The fraction of sp³-hybridized carbons (Fsp3) is 0.727. The minimum absolute atomic E-state index is 0.152. The third-order valence-corrected chi connectivity index (χ3v) is 11.1. The molecule has 0 saturated carbocycles. The van der Waals surface area contributed by atoms with Crippen molar-refractivity contribution in [2.24, 2.45) is 0 Å². The van der Waals surface area contributed by atoms with Gasteiger partial charge >= 0.3 is 11.9 Å². The van der Waals surface area contributed by atoms with Crippen molar-refractivity contribution in [2.45, 2.75) is 65.1 Å². The lowest BCUT2D eigenvalue weighted by Gasteiger charge is -2.34. The molecule has 2 atom stereocenters. The van der Waals surface area contributed by atoms with Crippen LogP contribution in [0.5, 0.6) is 0 Å². The van der Waals surface area contributed by atoms with E-state index in [2.05, 4.69) is 50.0 Å². The summed E-state index contributed by atoms with van der Waals surface area (Å²) in [6.45, 7) is 19.8.